The molecule has 0 radical (unpaired) electrons. The molecule has 1 aromatic carbocycles. The molecule has 20 heavy (non-hydrogen) atoms. The van der Waals surface area contributed by atoms with E-state index in [9.17, 15) is 4.39 Å². The predicted octanol–water partition coefficient (Wildman–Crippen LogP) is 4.11. The van der Waals surface area contributed by atoms with Gasteiger partial charge in [-0.2, -0.15) is 5.10 Å². The molecule has 0 spiro atoms. The summed E-state index contributed by atoms with van der Waals surface area (Å²) in [5.41, 5.74) is 3.15. The molecule has 0 amide bonds. The fraction of sp³-hybridized carbons (Fsp3) is 0.200. The minimum absolute atomic E-state index is 0.429. The summed E-state index contributed by atoms with van der Waals surface area (Å²) < 4.78 is 15.7. The molecular formula is C15H14FN3S. The van der Waals surface area contributed by atoms with Crippen molar-refractivity contribution in [2.45, 2.75) is 20.0 Å². The molecular weight excluding hydrogens is 273 g/mol. The average Bonchev–Trinajstić information content (AvgIpc) is 2.93. The Bertz CT molecular complexity index is 819. The summed E-state index contributed by atoms with van der Waals surface area (Å²) in [5, 5.41) is 5.27. The van der Waals surface area contributed by atoms with Crippen LogP contribution in [0, 0.1) is 4.64 Å². The van der Waals surface area contributed by atoms with E-state index in [-0.39, 0.29) is 0 Å². The fourth-order valence-corrected chi connectivity index (χ4v) is 2.69. The van der Waals surface area contributed by atoms with Crippen molar-refractivity contribution in [2.75, 3.05) is 0 Å². The summed E-state index contributed by atoms with van der Waals surface area (Å²) >= 11 is 5.28. The molecule has 0 aliphatic carbocycles. The number of fused-ring (bicyclic) bond motifs is 1. The van der Waals surface area contributed by atoms with Crippen LogP contribution in [-0.2, 0) is 13.1 Å². The third-order valence-corrected chi connectivity index (χ3v) is 3.77. The SMILES string of the molecule is CCc1ccnn1-c1c(CF)c(=S)[nH]c2ccccc12. The molecule has 0 fully saturated rings. The predicted molar refractivity (Wildman–Crippen MR) is 80.4 cm³/mol. The summed E-state index contributed by atoms with van der Waals surface area (Å²) in [6.07, 6.45) is 2.56. The lowest BCUT2D eigenvalue weighted by molar-refractivity contribution is 0.481. The Hall–Kier alpha value is -2.01. The van der Waals surface area contributed by atoms with Crippen LogP contribution in [0.2, 0.25) is 0 Å². The highest BCUT2D eigenvalue weighted by Crippen LogP contribution is 2.27. The van der Waals surface area contributed by atoms with Crippen molar-refractivity contribution in [1.29, 1.82) is 0 Å². The molecule has 0 saturated heterocycles. The molecule has 1 N–H and O–H groups in total. The summed E-state index contributed by atoms with van der Waals surface area (Å²) in [4.78, 5) is 3.08. The van der Waals surface area contributed by atoms with Crippen LogP contribution in [0.3, 0.4) is 0 Å². The van der Waals surface area contributed by atoms with E-state index in [4.69, 9.17) is 12.2 Å². The fourth-order valence-electron chi connectivity index (χ4n) is 2.43. The number of nitrogens with zero attached hydrogens (tertiary/aromatic N) is 2. The van der Waals surface area contributed by atoms with Crippen molar-refractivity contribution < 1.29 is 4.39 Å². The zero-order valence-corrected chi connectivity index (χ0v) is 11.9. The summed E-state index contributed by atoms with van der Waals surface area (Å²) in [6.45, 7) is 1.44. The molecule has 3 aromatic rings. The van der Waals surface area contributed by atoms with Gasteiger partial charge in [-0.3, -0.25) is 0 Å². The quantitative estimate of drug-likeness (QED) is 0.735. The third kappa shape index (κ3) is 1.94. The number of para-hydroxylation sites is 1. The smallest absolute Gasteiger partial charge is 0.119 e. The lowest BCUT2D eigenvalue weighted by atomic mass is 10.1. The molecule has 3 rings (SSSR count). The van der Waals surface area contributed by atoms with E-state index < -0.39 is 6.67 Å². The van der Waals surface area contributed by atoms with Gasteiger partial charge in [-0.25, -0.2) is 9.07 Å². The number of H-pyrrole nitrogens is 1. The second kappa shape index (κ2) is 5.17. The van der Waals surface area contributed by atoms with Crippen LogP contribution in [0.1, 0.15) is 18.2 Å². The van der Waals surface area contributed by atoms with E-state index in [0.717, 1.165) is 28.7 Å². The lowest BCUT2D eigenvalue weighted by Gasteiger charge is -2.14. The third-order valence-electron chi connectivity index (χ3n) is 3.42. The number of halogens is 1. The van der Waals surface area contributed by atoms with Gasteiger partial charge in [-0.05, 0) is 18.6 Å². The highest BCUT2D eigenvalue weighted by molar-refractivity contribution is 7.71. The van der Waals surface area contributed by atoms with E-state index in [0.29, 0.717) is 10.2 Å². The first-order valence-electron chi connectivity index (χ1n) is 6.49. The van der Waals surface area contributed by atoms with E-state index in [1.165, 1.54) is 0 Å². The van der Waals surface area contributed by atoms with Crippen LogP contribution in [-0.4, -0.2) is 14.8 Å². The van der Waals surface area contributed by atoms with Gasteiger partial charge in [0.25, 0.3) is 0 Å². The number of aromatic nitrogens is 3. The Kier molecular flexibility index (Phi) is 3.36. The van der Waals surface area contributed by atoms with Gasteiger partial charge >= 0.3 is 0 Å². The van der Waals surface area contributed by atoms with E-state index >= 15 is 0 Å². The van der Waals surface area contributed by atoms with Gasteiger partial charge in [0, 0.05) is 28.4 Å². The molecule has 5 heteroatoms. The molecule has 0 atom stereocenters. The Morgan fingerprint density at radius 2 is 2.10 bits per heavy atom. The molecule has 0 saturated carbocycles. The number of benzene rings is 1. The van der Waals surface area contributed by atoms with Gasteiger partial charge in [0.15, 0.2) is 0 Å². The van der Waals surface area contributed by atoms with Crippen molar-refractivity contribution in [3.05, 3.63) is 52.4 Å². The van der Waals surface area contributed by atoms with Gasteiger partial charge in [0.1, 0.15) is 11.3 Å². The average molecular weight is 287 g/mol. The van der Waals surface area contributed by atoms with Crippen molar-refractivity contribution in [3.63, 3.8) is 0 Å². The van der Waals surface area contributed by atoms with Crippen molar-refractivity contribution in [2.24, 2.45) is 0 Å². The van der Waals surface area contributed by atoms with Crippen molar-refractivity contribution in [3.8, 4) is 5.69 Å². The largest absolute Gasteiger partial charge is 0.346 e. The number of alkyl halides is 1. The maximum absolute atomic E-state index is 13.5. The van der Waals surface area contributed by atoms with Crippen LogP contribution in [0.4, 0.5) is 4.39 Å². The number of rotatable bonds is 3. The van der Waals surface area contributed by atoms with Crippen LogP contribution >= 0.6 is 12.2 Å². The Morgan fingerprint density at radius 1 is 1.30 bits per heavy atom. The molecule has 0 bridgehead atoms. The maximum atomic E-state index is 13.5. The van der Waals surface area contributed by atoms with E-state index in [1.807, 2.05) is 30.3 Å². The minimum Gasteiger partial charge on any atom is -0.346 e. The van der Waals surface area contributed by atoms with E-state index in [1.54, 1.807) is 10.9 Å². The monoisotopic (exact) mass is 287 g/mol. The van der Waals surface area contributed by atoms with Crippen LogP contribution < -0.4 is 0 Å². The Labute approximate surface area is 121 Å². The number of aromatic amines is 1. The molecule has 0 aliphatic heterocycles. The summed E-state index contributed by atoms with van der Waals surface area (Å²) in [7, 11) is 0. The molecule has 102 valence electrons. The maximum Gasteiger partial charge on any atom is 0.119 e. The zero-order chi connectivity index (χ0) is 14.1. The van der Waals surface area contributed by atoms with Gasteiger partial charge in [-0.15, -0.1) is 0 Å². The Morgan fingerprint density at radius 3 is 2.85 bits per heavy atom. The molecule has 3 nitrogen and oxygen atoms in total. The lowest BCUT2D eigenvalue weighted by Crippen LogP contribution is -2.07. The first kappa shape index (κ1) is 13.0. The Balaban J connectivity index is 2.46. The molecule has 0 unspecified atom stereocenters. The molecule has 2 heterocycles. The summed E-state index contributed by atoms with van der Waals surface area (Å²) in [6, 6.07) is 9.69. The second-order valence-electron chi connectivity index (χ2n) is 4.55. The number of nitrogens with one attached hydrogen (secondary N) is 1. The standard InChI is InChI=1S/C15H14FN3S/c1-2-10-7-8-17-19(10)14-11-5-3-4-6-13(11)18-15(20)12(14)9-16/h3-8H,2,9H2,1H3,(H,18,20). The van der Waals surface area contributed by atoms with Gasteiger partial charge in [0.2, 0.25) is 0 Å². The van der Waals surface area contributed by atoms with Crippen molar-refractivity contribution in [1.82, 2.24) is 14.8 Å². The highest BCUT2D eigenvalue weighted by atomic mass is 32.1. The second-order valence-corrected chi connectivity index (χ2v) is 4.96. The van der Waals surface area contributed by atoms with Crippen LogP contribution in [0.25, 0.3) is 16.6 Å². The van der Waals surface area contributed by atoms with Gasteiger partial charge in [0.05, 0.1) is 5.69 Å². The number of hydrogen-bond acceptors (Lipinski definition) is 2. The topological polar surface area (TPSA) is 33.6 Å². The minimum atomic E-state index is -0.613. The van der Waals surface area contributed by atoms with Crippen LogP contribution in [0.5, 0.6) is 0 Å². The molecule has 0 aliphatic rings. The first-order valence-corrected chi connectivity index (χ1v) is 6.90. The van der Waals surface area contributed by atoms with Crippen LogP contribution in [0.15, 0.2) is 36.5 Å². The normalized spacial score (nSPS) is 11.1. The summed E-state index contributed by atoms with van der Waals surface area (Å²) in [5.74, 6) is 0. The number of pyridine rings is 1. The van der Waals surface area contributed by atoms with Gasteiger partial charge < -0.3 is 4.98 Å². The highest BCUT2D eigenvalue weighted by Gasteiger charge is 2.14. The van der Waals surface area contributed by atoms with E-state index in [2.05, 4.69) is 17.0 Å². The first-order chi connectivity index (χ1) is 9.76. The van der Waals surface area contributed by atoms with Gasteiger partial charge in [-0.1, -0.05) is 37.3 Å². The zero-order valence-electron chi connectivity index (χ0n) is 11.1. The molecule has 2 aromatic heterocycles. The van der Waals surface area contributed by atoms with Crippen molar-refractivity contribution >= 4 is 23.1 Å². The number of hydrogen-bond donors (Lipinski definition) is 1. The number of aryl methyl sites for hydroxylation is 1.